The summed E-state index contributed by atoms with van der Waals surface area (Å²) in [6.45, 7) is 2.79. The molecule has 0 radical (unpaired) electrons. The van der Waals surface area contributed by atoms with Crippen LogP contribution in [0.5, 0.6) is 0 Å². The molecule has 1 amide bonds. The molecule has 0 saturated carbocycles. The van der Waals surface area contributed by atoms with Crippen LogP contribution >= 0.6 is 11.3 Å². The Kier molecular flexibility index (Phi) is 5.55. The minimum absolute atomic E-state index is 0.261. The number of nitrogens with two attached hydrogens (primary N) is 1. The number of hydrogen-bond donors (Lipinski definition) is 1. The van der Waals surface area contributed by atoms with Crippen molar-refractivity contribution in [1.29, 1.82) is 0 Å². The average molecular weight is 448 g/mol. The van der Waals surface area contributed by atoms with Crippen LogP contribution in [0.3, 0.4) is 0 Å². The lowest BCUT2D eigenvalue weighted by Gasteiger charge is -2.39. The highest BCUT2D eigenvalue weighted by Crippen LogP contribution is 2.38. The molecule has 32 heavy (non-hydrogen) atoms. The van der Waals surface area contributed by atoms with Crippen molar-refractivity contribution in [2.75, 3.05) is 31.1 Å². The minimum atomic E-state index is -0.445. The molecule has 6 nitrogen and oxygen atoms in total. The normalized spacial score (nSPS) is 15.7. The molecule has 2 aromatic carbocycles. The zero-order chi connectivity index (χ0) is 22.1. The van der Waals surface area contributed by atoms with Crippen LogP contribution in [0.25, 0.3) is 21.3 Å². The van der Waals surface area contributed by atoms with Gasteiger partial charge in [-0.25, -0.2) is 14.4 Å². The number of aromatic nitrogens is 2. The maximum atomic E-state index is 13.4. The van der Waals surface area contributed by atoms with E-state index >= 15 is 0 Å². The van der Waals surface area contributed by atoms with E-state index < -0.39 is 6.04 Å². The van der Waals surface area contributed by atoms with Crippen molar-refractivity contribution in [3.63, 3.8) is 0 Å². The molecule has 1 aliphatic heterocycles. The molecule has 2 N–H and O–H groups in total. The fourth-order valence-corrected chi connectivity index (χ4v) is 5.23. The van der Waals surface area contributed by atoms with Gasteiger partial charge in [-0.2, -0.15) is 0 Å². The zero-order valence-electron chi connectivity index (χ0n) is 17.3. The first-order chi connectivity index (χ1) is 15.6. The quantitative estimate of drug-likeness (QED) is 0.503. The Bertz CT molecular complexity index is 1240. The zero-order valence-corrected chi connectivity index (χ0v) is 18.1. The Morgan fingerprint density at radius 2 is 1.72 bits per heavy atom. The van der Waals surface area contributed by atoms with Gasteiger partial charge >= 0.3 is 0 Å². The van der Waals surface area contributed by atoms with Crippen LogP contribution in [0.4, 0.5) is 10.2 Å². The van der Waals surface area contributed by atoms with Gasteiger partial charge < -0.3 is 10.6 Å². The monoisotopic (exact) mass is 447 g/mol. The third-order valence-electron chi connectivity index (χ3n) is 5.87. The van der Waals surface area contributed by atoms with Gasteiger partial charge in [0.05, 0.1) is 5.39 Å². The van der Waals surface area contributed by atoms with Crippen LogP contribution in [0.1, 0.15) is 11.6 Å². The van der Waals surface area contributed by atoms with Gasteiger partial charge in [0.15, 0.2) is 0 Å². The maximum absolute atomic E-state index is 13.4. The second-order valence-corrected chi connectivity index (χ2v) is 8.63. The molecular formula is C24H22FN5OS. The lowest BCUT2D eigenvalue weighted by Crippen LogP contribution is -2.50. The Morgan fingerprint density at radius 1 is 1.00 bits per heavy atom. The van der Waals surface area contributed by atoms with E-state index in [1.165, 1.54) is 12.1 Å². The first-order valence-corrected chi connectivity index (χ1v) is 11.3. The van der Waals surface area contributed by atoms with Crippen LogP contribution < -0.4 is 10.6 Å². The van der Waals surface area contributed by atoms with Gasteiger partial charge in [0, 0.05) is 37.1 Å². The van der Waals surface area contributed by atoms with E-state index in [1.807, 2.05) is 35.7 Å². The number of fused-ring (bicyclic) bond motifs is 1. The Labute approximate surface area is 189 Å². The number of amides is 1. The lowest BCUT2D eigenvalue weighted by molar-refractivity contribution is -0.123. The molecule has 4 aromatic rings. The summed E-state index contributed by atoms with van der Waals surface area (Å²) in [5.74, 6) is 0.263. The standard InChI is InChI=1S/C24H22FN5OS/c25-18-8-6-16(7-9-18)19-14-32-24-20(19)23(27-15-28-24)30-12-10-29(11-13-30)21(22(26)31)17-4-2-1-3-5-17/h1-9,14-15,21H,10-13H2,(H2,26,31). The third kappa shape index (κ3) is 3.83. The Morgan fingerprint density at radius 3 is 2.41 bits per heavy atom. The molecule has 8 heteroatoms. The molecule has 5 rings (SSSR count). The van der Waals surface area contributed by atoms with E-state index in [-0.39, 0.29) is 11.7 Å². The van der Waals surface area contributed by atoms with Crippen molar-refractivity contribution >= 4 is 33.3 Å². The number of rotatable bonds is 5. The van der Waals surface area contributed by atoms with Crippen molar-refractivity contribution in [3.05, 3.63) is 77.7 Å². The van der Waals surface area contributed by atoms with Crippen LogP contribution in [-0.2, 0) is 4.79 Å². The number of benzene rings is 2. The largest absolute Gasteiger partial charge is 0.368 e. The number of halogens is 1. The smallest absolute Gasteiger partial charge is 0.239 e. The van der Waals surface area contributed by atoms with Gasteiger partial charge in [-0.3, -0.25) is 9.69 Å². The predicted octanol–water partition coefficient (Wildman–Crippen LogP) is 3.85. The number of hydrogen-bond acceptors (Lipinski definition) is 6. The number of thiophene rings is 1. The van der Waals surface area contributed by atoms with E-state index in [0.29, 0.717) is 26.2 Å². The molecule has 162 valence electrons. The first kappa shape index (κ1) is 20.5. The summed E-state index contributed by atoms with van der Waals surface area (Å²) in [4.78, 5) is 26.5. The SMILES string of the molecule is NC(=O)C(c1ccccc1)N1CCN(c2ncnc3scc(-c4ccc(F)cc4)c23)CC1. The summed E-state index contributed by atoms with van der Waals surface area (Å²) in [5, 5.41) is 3.03. The highest BCUT2D eigenvalue weighted by molar-refractivity contribution is 7.17. The minimum Gasteiger partial charge on any atom is -0.368 e. The van der Waals surface area contributed by atoms with E-state index in [9.17, 15) is 9.18 Å². The maximum Gasteiger partial charge on any atom is 0.239 e. The van der Waals surface area contributed by atoms with Crippen molar-refractivity contribution in [3.8, 4) is 11.1 Å². The van der Waals surface area contributed by atoms with Gasteiger partial charge in [-0.15, -0.1) is 11.3 Å². The molecule has 0 bridgehead atoms. The Balaban J connectivity index is 1.42. The van der Waals surface area contributed by atoms with Gasteiger partial charge in [0.1, 0.15) is 28.8 Å². The molecule has 2 aromatic heterocycles. The van der Waals surface area contributed by atoms with Gasteiger partial charge in [-0.1, -0.05) is 42.5 Å². The third-order valence-corrected chi connectivity index (χ3v) is 6.76. The molecular weight excluding hydrogens is 425 g/mol. The second kappa shape index (κ2) is 8.64. The summed E-state index contributed by atoms with van der Waals surface area (Å²) in [6.07, 6.45) is 1.59. The van der Waals surface area contributed by atoms with Gasteiger partial charge in [-0.05, 0) is 23.3 Å². The van der Waals surface area contributed by atoms with Gasteiger partial charge in [0.25, 0.3) is 0 Å². The number of carbonyl (C=O) groups is 1. The number of primary amides is 1. The second-order valence-electron chi connectivity index (χ2n) is 7.77. The van der Waals surface area contributed by atoms with Gasteiger partial charge in [0.2, 0.25) is 5.91 Å². The van der Waals surface area contributed by atoms with Crippen LogP contribution in [0.2, 0.25) is 0 Å². The van der Waals surface area contributed by atoms with E-state index in [2.05, 4.69) is 19.8 Å². The van der Waals surface area contributed by atoms with E-state index in [1.54, 1.807) is 29.8 Å². The van der Waals surface area contributed by atoms with Crippen molar-refractivity contribution < 1.29 is 9.18 Å². The first-order valence-electron chi connectivity index (χ1n) is 10.4. The molecule has 3 heterocycles. The number of carbonyl (C=O) groups excluding carboxylic acids is 1. The molecule has 1 saturated heterocycles. The van der Waals surface area contributed by atoms with Crippen LogP contribution in [-0.4, -0.2) is 47.0 Å². The summed E-state index contributed by atoms with van der Waals surface area (Å²) < 4.78 is 13.4. The Hall–Kier alpha value is -3.36. The highest BCUT2D eigenvalue weighted by Gasteiger charge is 2.30. The van der Waals surface area contributed by atoms with Crippen LogP contribution in [0.15, 0.2) is 66.3 Å². The average Bonchev–Trinajstić information content (AvgIpc) is 3.25. The molecule has 1 fully saturated rings. The van der Waals surface area contributed by atoms with Crippen LogP contribution in [0, 0.1) is 5.82 Å². The summed E-state index contributed by atoms with van der Waals surface area (Å²) in [5.41, 5.74) is 8.61. The fraction of sp³-hybridized carbons (Fsp3) is 0.208. The number of anilines is 1. The highest BCUT2D eigenvalue weighted by atomic mass is 32.1. The molecule has 1 atom stereocenters. The topological polar surface area (TPSA) is 75.4 Å². The van der Waals surface area contributed by atoms with Crippen molar-refractivity contribution in [2.45, 2.75) is 6.04 Å². The molecule has 1 unspecified atom stereocenters. The summed E-state index contributed by atoms with van der Waals surface area (Å²) in [7, 11) is 0. The van der Waals surface area contributed by atoms with Crippen molar-refractivity contribution in [2.24, 2.45) is 5.73 Å². The van der Waals surface area contributed by atoms with Crippen molar-refractivity contribution in [1.82, 2.24) is 14.9 Å². The summed E-state index contributed by atoms with van der Waals surface area (Å²) in [6, 6.07) is 15.7. The predicted molar refractivity (Wildman–Crippen MR) is 125 cm³/mol. The number of nitrogens with zero attached hydrogens (tertiary/aromatic N) is 4. The molecule has 1 aliphatic rings. The molecule has 0 spiro atoms. The van der Waals surface area contributed by atoms with E-state index in [4.69, 9.17) is 5.73 Å². The van der Waals surface area contributed by atoms with E-state index in [0.717, 1.165) is 32.7 Å². The number of piperazine rings is 1. The lowest BCUT2D eigenvalue weighted by atomic mass is 10.0. The molecule has 0 aliphatic carbocycles. The summed E-state index contributed by atoms with van der Waals surface area (Å²) >= 11 is 1.55. The fourth-order valence-electron chi connectivity index (χ4n) is 4.32.